The fourth-order valence-corrected chi connectivity index (χ4v) is 2.78. The summed E-state index contributed by atoms with van der Waals surface area (Å²) in [5, 5.41) is 17.0. The lowest BCUT2D eigenvalue weighted by Gasteiger charge is -2.18. The first-order valence-electron chi connectivity index (χ1n) is 6.97. The van der Waals surface area contributed by atoms with Crippen LogP contribution in [0.15, 0.2) is 6.07 Å². The number of nitrogens with zero attached hydrogens (tertiary/aromatic N) is 2. The normalized spacial score (nSPS) is 24.4. The van der Waals surface area contributed by atoms with E-state index < -0.39 is 0 Å². The number of aromatic nitrogens is 2. The number of aryl methyl sites for hydroxylation is 2. The number of nitrogens with one attached hydrogen (secondary N) is 1. The maximum Gasteiger partial charge on any atom is 0.244 e. The van der Waals surface area contributed by atoms with E-state index in [9.17, 15) is 9.90 Å². The lowest BCUT2D eigenvalue weighted by molar-refractivity contribution is -0.124. The molecule has 2 N–H and O–H groups in total. The van der Waals surface area contributed by atoms with Gasteiger partial charge in [0.2, 0.25) is 5.91 Å². The maximum atomic E-state index is 12.1. The molecule has 1 saturated carbocycles. The minimum absolute atomic E-state index is 0.0368. The van der Waals surface area contributed by atoms with Crippen LogP contribution in [0.4, 0.5) is 0 Å². The number of aliphatic hydroxyl groups excluding tert-OH is 1. The zero-order valence-electron chi connectivity index (χ0n) is 11.9. The van der Waals surface area contributed by atoms with Gasteiger partial charge in [0.25, 0.3) is 0 Å². The molecule has 2 rings (SSSR count). The van der Waals surface area contributed by atoms with Crippen LogP contribution in [0.1, 0.15) is 43.6 Å². The molecule has 1 aromatic rings. The molecule has 0 aromatic carbocycles. The van der Waals surface area contributed by atoms with Crippen LogP contribution in [0.3, 0.4) is 0 Å². The monoisotopic (exact) mass is 265 g/mol. The summed E-state index contributed by atoms with van der Waals surface area (Å²) in [5.74, 6) is 0.168. The topological polar surface area (TPSA) is 67.2 Å². The summed E-state index contributed by atoms with van der Waals surface area (Å²) in [6.45, 7) is 6.27. The second kappa shape index (κ2) is 5.74. The van der Waals surface area contributed by atoms with Gasteiger partial charge in [0.05, 0.1) is 11.8 Å². The minimum Gasteiger partial charge on any atom is -0.393 e. The Morgan fingerprint density at radius 2 is 2.32 bits per heavy atom. The first-order chi connectivity index (χ1) is 8.99. The smallest absolute Gasteiger partial charge is 0.244 e. The lowest BCUT2D eigenvalue weighted by Crippen LogP contribution is -2.37. The number of amides is 1. The molecule has 3 atom stereocenters. The van der Waals surface area contributed by atoms with Gasteiger partial charge >= 0.3 is 0 Å². The van der Waals surface area contributed by atoms with Crippen LogP contribution in [0, 0.1) is 19.8 Å². The van der Waals surface area contributed by atoms with Crippen molar-refractivity contribution >= 4 is 5.91 Å². The maximum absolute atomic E-state index is 12.1. The van der Waals surface area contributed by atoms with Crippen LogP contribution in [0.2, 0.25) is 0 Å². The van der Waals surface area contributed by atoms with Gasteiger partial charge in [-0.15, -0.1) is 0 Å². The van der Waals surface area contributed by atoms with Gasteiger partial charge in [0, 0.05) is 18.2 Å². The fourth-order valence-electron chi connectivity index (χ4n) is 2.78. The van der Waals surface area contributed by atoms with Crippen LogP contribution >= 0.6 is 0 Å². The first-order valence-corrected chi connectivity index (χ1v) is 6.97. The quantitative estimate of drug-likeness (QED) is 0.863. The molecule has 0 saturated heterocycles. The molecule has 3 unspecified atom stereocenters. The Morgan fingerprint density at radius 1 is 1.58 bits per heavy atom. The van der Waals surface area contributed by atoms with Crippen LogP contribution in [-0.4, -0.2) is 33.4 Å². The molecular weight excluding hydrogens is 242 g/mol. The predicted octanol–water partition coefficient (Wildman–Crippen LogP) is 1.34. The molecule has 0 spiro atoms. The summed E-state index contributed by atoms with van der Waals surface area (Å²) in [7, 11) is 0. The molecule has 1 fully saturated rings. The predicted molar refractivity (Wildman–Crippen MR) is 72.8 cm³/mol. The third-order valence-corrected chi connectivity index (χ3v) is 3.95. The second-order valence-corrected chi connectivity index (χ2v) is 5.55. The van der Waals surface area contributed by atoms with Gasteiger partial charge in [0.15, 0.2) is 0 Å². The van der Waals surface area contributed by atoms with Gasteiger partial charge in [-0.3, -0.25) is 9.48 Å². The Morgan fingerprint density at radius 3 is 2.84 bits per heavy atom. The number of hydrogen-bond donors (Lipinski definition) is 2. The standard InChI is InChI=1S/C14H23N3O2/c1-9-7-10(2)17(16-9)11(3)14(19)15-8-12-5-4-6-13(12)18/h7,11-13,18H,4-6,8H2,1-3H3,(H,15,19). The molecule has 0 radical (unpaired) electrons. The van der Waals surface area contributed by atoms with E-state index in [-0.39, 0.29) is 24.0 Å². The van der Waals surface area contributed by atoms with E-state index in [0.29, 0.717) is 6.54 Å². The third kappa shape index (κ3) is 3.15. The van der Waals surface area contributed by atoms with E-state index >= 15 is 0 Å². The van der Waals surface area contributed by atoms with E-state index in [1.807, 2.05) is 26.8 Å². The van der Waals surface area contributed by atoms with Gasteiger partial charge in [-0.1, -0.05) is 6.42 Å². The van der Waals surface area contributed by atoms with E-state index in [0.717, 1.165) is 30.7 Å². The number of hydrogen-bond acceptors (Lipinski definition) is 3. The molecule has 1 aromatic heterocycles. The van der Waals surface area contributed by atoms with Gasteiger partial charge < -0.3 is 10.4 Å². The summed E-state index contributed by atoms with van der Waals surface area (Å²) >= 11 is 0. The summed E-state index contributed by atoms with van der Waals surface area (Å²) < 4.78 is 1.75. The van der Waals surface area contributed by atoms with E-state index in [1.165, 1.54) is 0 Å². The Bertz CT molecular complexity index is 456. The largest absolute Gasteiger partial charge is 0.393 e. The van der Waals surface area contributed by atoms with Crippen molar-refractivity contribution in [2.75, 3.05) is 6.54 Å². The number of rotatable bonds is 4. The molecule has 5 heteroatoms. The zero-order chi connectivity index (χ0) is 14.0. The highest BCUT2D eigenvalue weighted by atomic mass is 16.3. The Kier molecular flexibility index (Phi) is 4.24. The first kappa shape index (κ1) is 14.1. The van der Waals surface area contributed by atoms with Crippen molar-refractivity contribution in [2.24, 2.45) is 5.92 Å². The third-order valence-electron chi connectivity index (χ3n) is 3.95. The SMILES string of the molecule is Cc1cc(C)n(C(C)C(=O)NCC2CCCC2O)n1. The van der Waals surface area contributed by atoms with Crippen molar-refractivity contribution < 1.29 is 9.90 Å². The Hall–Kier alpha value is -1.36. The summed E-state index contributed by atoms with van der Waals surface area (Å²) in [5.41, 5.74) is 1.91. The number of carbonyl (C=O) groups excluding carboxylic acids is 1. The fraction of sp³-hybridized carbons (Fsp3) is 0.714. The van der Waals surface area contributed by atoms with Crippen molar-refractivity contribution in [3.63, 3.8) is 0 Å². The molecule has 1 aliphatic rings. The average molecular weight is 265 g/mol. The molecule has 5 nitrogen and oxygen atoms in total. The number of aliphatic hydroxyl groups is 1. The van der Waals surface area contributed by atoms with Gasteiger partial charge in [0.1, 0.15) is 6.04 Å². The lowest BCUT2D eigenvalue weighted by atomic mass is 10.1. The molecule has 19 heavy (non-hydrogen) atoms. The van der Waals surface area contributed by atoms with Gasteiger partial charge in [-0.25, -0.2) is 0 Å². The van der Waals surface area contributed by atoms with Gasteiger partial charge in [-0.2, -0.15) is 5.10 Å². The summed E-state index contributed by atoms with van der Waals surface area (Å²) in [6.07, 6.45) is 2.64. The van der Waals surface area contributed by atoms with E-state index in [1.54, 1.807) is 4.68 Å². The highest BCUT2D eigenvalue weighted by Gasteiger charge is 2.26. The molecule has 1 aliphatic carbocycles. The summed E-state index contributed by atoms with van der Waals surface area (Å²) in [4.78, 5) is 12.1. The Labute approximate surface area is 114 Å². The van der Waals surface area contributed by atoms with Crippen molar-refractivity contribution in [1.29, 1.82) is 0 Å². The molecule has 106 valence electrons. The van der Waals surface area contributed by atoms with Crippen LogP contribution in [-0.2, 0) is 4.79 Å². The molecule has 1 amide bonds. The summed E-state index contributed by atoms with van der Waals surface area (Å²) in [6, 6.07) is 1.65. The van der Waals surface area contributed by atoms with E-state index in [4.69, 9.17) is 0 Å². The van der Waals surface area contributed by atoms with Gasteiger partial charge in [-0.05, 0) is 39.7 Å². The minimum atomic E-state index is -0.313. The highest BCUT2D eigenvalue weighted by molar-refractivity contribution is 5.79. The molecule has 0 aliphatic heterocycles. The van der Waals surface area contributed by atoms with Crippen LogP contribution < -0.4 is 5.32 Å². The highest BCUT2D eigenvalue weighted by Crippen LogP contribution is 2.24. The zero-order valence-corrected chi connectivity index (χ0v) is 11.9. The van der Waals surface area contributed by atoms with Crippen molar-refractivity contribution in [3.8, 4) is 0 Å². The van der Waals surface area contributed by atoms with Crippen LogP contribution in [0.25, 0.3) is 0 Å². The van der Waals surface area contributed by atoms with Crippen molar-refractivity contribution in [3.05, 3.63) is 17.5 Å². The van der Waals surface area contributed by atoms with E-state index in [2.05, 4.69) is 10.4 Å². The van der Waals surface area contributed by atoms with Crippen molar-refractivity contribution in [1.82, 2.24) is 15.1 Å². The molecule has 1 heterocycles. The number of carbonyl (C=O) groups is 1. The average Bonchev–Trinajstić information content (AvgIpc) is 2.91. The molecule has 0 bridgehead atoms. The molecular formula is C14H23N3O2. The van der Waals surface area contributed by atoms with Crippen LogP contribution in [0.5, 0.6) is 0 Å². The second-order valence-electron chi connectivity index (χ2n) is 5.55. The Balaban J connectivity index is 1.90. The van der Waals surface area contributed by atoms with Crippen molar-refractivity contribution in [2.45, 2.75) is 52.2 Å².